The first kappa shape index (κ1) is 14.5. The molecule has 0 saturated carbocycles. The highest BCUT2D eigenvalue weighted by molar-refractivity contribution is 5.02. The Labute approximate surface area is 116 Å². The van der Waals surface area contributed by atoms with Gasteiger partial charge in [-0.05, 0) is 45.1 Å². The minimum absolute atomic E-state index is 0.199. The van der Waals surface area contributed by atoms with Gasteiger partial charge in [-0.25, -0.2) is 0 Å². The molecular formula is C15H27N3O. The molecule has 108 valence electrons. The molecule has 2 rings (SSSR count). The van der Waals surface area contributed by atoms with Crippen LogP contribution in [0.3, 0.4) is 0 Å². The zero-order valence-electron chi connectivity index (χ0n) is 12.2. The lowest BCUT2D eigenvalue weighted by Crippen LogP contribution is -2.25. The molecule has 3 unspecified atom stereocenters. The van der Waals surface area contributed by atoms with E-state index in [2.05, 4.69) is 31.2 Å². The summed E-state index contributed by atoms with van der Waals surface area (Å²) >= 11 is 0. The maximum atomic E-state index is 6.20. The van der Waals surface area contributed by atoms with Gasteiger partial charge in [-0.3, -0.25) is 4.68 Å². The summed E-state index contributed by atoms with van der Waals surface area (Å²) in [6.07, 6.45) is 9.02. The predicted octanol–water partition coefficient (Wildman–Crippen LogP) is 2.68. The van der Waals surface area contributed by atoms with Crippen molar-refractivity contribution in [1.82, 2.24) is 9.78 Å². The molecule has 1 aliphatic heterocycles. The summed E-state index contributed by atoms with van der Waals surface area (Å²) in [6, 6.07) is 2.76. The van der Waals surface area contributed by atoms with Crippen LogP contribution in [-0.2, 0) is 11.2 Å². The number of hydrogen-bond acceptors (Lipinski definition) is 3. The number of nitrogens with zero attached hydrogens (tertiary/aromatic N) is 2. The van der Waals surface area contributed by atoms with Crippen molar-refractivity contribution in [2.45, 2.75) is 70.6 Å². The van der Waals surface area contributed by atoms with E-state index < -0.39 is 0 Å². The van der Waals surface area contributed by atoms with Crippen molar-refractivity contribution in [3.63, 3.8) is 0 Å². The molecule has 4 heteroatoms. The van der Waals surface area contributed by atoms with Gasteiger partial charge in [-0.15, -0.1) is 0 Å². The molecule has 0 radical (unpaired) electrons. The summed E-state index contributed by atoms with van der Waals surface area (Å²) in [5.41, 5.74) is 7.31. The average molecular weight is 265 g/mol. The van der Waals surface area contributed by atoms with Gasteiger partial charge in [0.15, 0.2) is 0 Å². The molecule has 1 aromatic heterocycles. The molecule has 1 fully saturated rings. The summed E-state index contributed by atoms with van der Waals surface area (Å²) in [5.74, 6) is 0. The molecule has 19 heavy (non-hydrogen) atoms. The van der Waals surface area contributed by atoms with E-state index in [0.717, 1.165) is 38.0 Å². The van der Waals surface area contributed by atoms with Gasteiger partial charge in [-0.1, -0.05) is 6.92 Å². The molecule has 3 atom stereocenters. The van der Waals surface area contributed by atoms with Gasteiger partial charge in [0.2, 0.25) is 0 Å². The summed E-state index contributed by atoms with van der Waals surface area (Å²) in [7, 11) is 0. The lowest BCUT2D eigenvalue weighted by molar-refractivity contribution is 0.101. The minimum atomic E-state index is 0.199. The van der Waals surface area contributed by atoms with Gasteiger partial charge >= 0.3 is 0 Å². The second-order valence-electron chi connectivity index (χ2n) is 5.72. The molecule has 2 N–H and O–H groups in total. The van der Waals surface area contributed by atoms with E-state index in [0.29, 0.717) is 12.1 Å². The normalized spacial score (nSPS) is 22.6. The number of aromatic nitrogens is 2. The first-order valence-electron chi connectivity index (χ1n) is 7.60. The smallest absolute Gasteiger partial charge is 0.0640 e. The van der Waals surface area contributed by atoms with E-state index in [4.69, 9.17) is 10.5 Å². The summed E-state index contributed by atoms with van der Waals surface area (Å²) < 4.78 is 7.67. The predicted molar refractivity (Wildman–Crippen MR) is 77.1 cm³/mol. The first-order chi connectivity index (χ1) is 9.19. The van der Waals surface area contributed by atoms with Crippen LogP contribution in [0.5, 0.6) is 0 Å². The zero-order chi connectivity index (χ0) is 13.7. The van der Waals surface area contributed by atoms with E-state index in [9.17, 15) is 0 Å². The van der Waals surface area contributed by atoms with Crippen LogP contribution in [-0.4, -0.2) is 28.5 Å². The number of rotatable bonds is 7. The van der Waals surface area contributed by atoms with Crippen molar-refractivity contribution in [2.24, 2.45) is 5.73 Å². The van der Waals surface area contributed by atoms with Gasteiger partial charge in [-0.2, -0.15) is 5.10 Å². The molecule has 1 aliphatic rings. The minimum Gasteiger partial charge on any atom is -0.378 e. The zero-order valence-corrected chi connectivity index (χ0v) is 12.2. The molecule has 0 aliphatic carbocycles. The Morgan fingerprint density at radius 3 is 3.11 bits per heavy atom. The van der Waals surface area contributed by atoms with Gasteiger partial charge in [0.1, 0.15) is 0 Å². The number of nitrogens with two attached hydrogens (primary N) is 1. The molecule has 1 aromatic rings. The first-order valence-corrected chi connectivity index (χ1v) is 7.60. The lowest BCUT2D eigenvalue weighted by Gasteiger charge is -2.14. The van der Waals surface area contributed by atoms with Crippen LogP contribution < -0.4 is 5.73 Å². The Kier molecular flexibility index (Phi) is 5.40. The topological polar surface area (TPSA) is 53.1 Å². The van der Waals surface area contributed by atoms with E-state index in [1.165, 1.54) is 12.8 Å². The number of hydrogen-bond donors (Lipinski definition) is 1. The fraction of sp³-hybridized carbons (Fsp3) is 0.800. The van der Waals surface area contributed by atoms with Crippen molar-refractivity contribution in [3.05, 3.63) is 18.0 Å². The van der Waals surface area contributed by atoms with Crippen molar-refractivity contribution in [3.8, 4) is 0 Å². The monoisotopic (exact) mass is 265 g/mol. The summed E-state index contributed by atoms with van der Waals surface area (Å²) in [5, 5.41) is 4.61. The third-order valence-corrected chi connectivity index (χ3v) is 4.06. The fourth-order valence-corrected chi connectivity index (χ4v) is 2.56. The second kappa shape index (κ2) is 7.06. The van der Waals surface area contributed by atoms with Crippen LogP contribution >= 0.6 is 0 Å². The Hall–Kier alpha value is -0.870. The quantitative estimate of drug-likeness (QED) is 0.824. The van der Waals surface area contributed by atoms with Gasteiger partial charge < -0.3 is 10.5 Å². The van der Waals surface area contributed by atoms with Gasteiger partial charge in [0.25, 0.3) is 0 Å². The molecule has 2 heterocycles. The fourth-order valence-electron chi connectivity index (χ4n) is 2.56. The highest BCUT2D eigenvalue weighted by Gasteiger charge is 2.17. The molecule has 4 nitrogen and oxygen atoms in total. The average Bonchev–Trinajstić information content (AvgIpc) is 3.06. The third kappa shape index (κ3) is 4.32. The largest absolute Gasteiger partial charge is 0.378 e. The lowest BCUT2D eigenvalue weighted by atomic mass is 10.0. The highest BCUT2D eigenvalue weighted by atomic mass is 16.5. The molecule has 0 spiro atoms. The van der Waals surface area contributed by atoms with E-state index in [1.807, 2.05) is 4.68 Å². The molecule has 0 amide bonds. The highest BCUT2D eigenvalue weighted by Crippen LogP contribution is 2.18. The van der Waals surface area contributed by atoms with Crippen LogP contribution in [0.2, 0.25) is 0 Å². The summed E-state index contributed by atoms with van der Waals surface area (Å²) in [4.78, 5) is 0. The Balaban J connectivity index is 1.74. The van der Waals surface area contributed by atoms with Crippen molar-refractivity contribution in [1.29, 1.82) is 0 Å². The van der Waals surface area contributed by atoms with E-state index in [-0.39, 0.29) is 6.04 Å². The van der Waals surface area contributed by atoms with Crippen LogP contribution in [0.1, 0.15) is 57.7 Å². The standard InChI is InChI=1S/C15H27N3O/c1-3-12(2)18-9-8-14(17-18)11-13(16)6-7-15-5-4-10-19-15/h8-9,12-13,15H,3-7,10-11,16H2,1-2H3. The molecule has 0 aromatic carbocycles. The number of ether oxygens (including phenoxy) is 1. The molecule has 1 saturated heterocycles. The van der Waals surface area contributed by atoms with E-state index in [1.54, 1.807) is 0 Å². The maximum Gasteiger partial charge on any atom is 0.0640 e. The Bertz CT molecular complexity index is 371. The van der Waals surface area contributed by atoms with Crippen molar-refractivity contribution >= 4 is 0 Å². The second-order valence-corrected chi connectivity index (χ2v) is 5.72. The van der Waals surface area contributed by atoms with Crippen LogP contribution in [0.15, 0.2) is 12.3 Å². The van der Waals surface area contributed by atoms with E-state index >= 15 is 0 Å². The SMILES string of the molecule is CCC(C)n1ccc(CC(N)CCC2CCCO2)n1. The Morgan fingerprint density at radius 2 is 2.42 bits per heavy atom. The van der Waals surface area contributed by atoms with Crippen LogP contribution in [0.25, 0.3) is 0 Å². The summed E-state index contributed by atoms with van der Waals surface area (Å²) in [6.45, 7) is 5.30. The van der Waals surface area contributed by atoms with Crippen LogP contribution in [0.4, 0.5) is 0 Å². The molecule has 0 bridgehead atoms. The van der Waals surface area contributed by atoms with Crippen LogP contribution in [0, 0.1) is 0 Å². The van der Waals surface area contributed by atoms with Gasteiger partial charge in [0, 0.05) is 31.3 Å². The maximum absolute atomic E-state index is 6.20. The van der Waals surface area contributed by atoms with Gasteiger partial charge in [0.05, 0.1) is 11.8 Å². The molecular weight excluding hydrogens is 238 g/mol. The third-order valence-electron chi connectivity index (χ3n) is 4.06. The van der Waals surface area contributed by atoms with Crippen molar-refractivity contribution in [2.75, 3.05) is 6.61 Å². The van der Waals surface area contributed by atoms with Crippen molar-refractivity contribution < 1.29 is 4.74 Å². The Morgan fingerprint density at radius 1 is 1.58 bits per heavy atom.